The van der Waals surface area contributed by atoms with Crippen molar-refractivity contribution in [1.29, 1.82) is 0 Å². The van der Waals surface area contributed by atoms with Crippen molar-refractivity contribution in [3.05, 3.63) is 88.9 Å². The van der Waals surface area contributed by atoms with Gasteiger partial charge in [-0.05, 0) is 60.2 Å². The van der Waals surface area contributed by atoms with Crippen LogP contribution in [0.3, 0.4) is 0 Å². The van der Waals surface area contributed by atoms with Crippen LogP contribution in [0.15, 0.2) is 72.8 Å². The van der Waals surface area contributed by atoms with Gasteiger partial charge in [0.1, 0.15) is 11.5 Å². The Morgan fingerprint density at radius 3 is 2.32 bits per heavy atom. The number of rotatable bonds is 6. The van der Waals surface area contributed by atoms with Gasteiger partial charge >= 0.3 is 5.97 Å². The van der Waals surface area contributed by atoms with Crippen LogP contribution in [0.2, 0.25) is 5.02 Å². The second-order valence-electron chi connectivity index (χ2n) is 5.44. The molecule has 0 unspecified atom stereocenters. The predicted molar refractivity (Wildman–Crippen MR) is 98.7 cm³/mol. The van der Waals surface area contributed by atoms with Gasteiger partial charge in [-0.2, -0.15) is 0 Å². The van der Waals surface area contributed by atoms with Crippen LogP contribution in [-0.2, 0) is 6.54 Å². The van der Waals surface area contributed by atoms with E-state index in [1.54, 1.807) is 36.4 Å². The number of carboxylic acid groups (broad SMARTS) is 1. The molecule has 0 saturated heterocycles. The van der Waals surface area contributed by atoms with Crippen LogP contribution in [0.4, 0.5) is 5.69 Å². The number of nitrogens with one attached hydrogen (secondary N) is 1. The topological polar surface area (TPSA) is 58.6 Å². The van der Waals surface area contributed by atoms with E-state index in [2.05, 4.69) is 5.32 Å². The van der Waals surface area contributed by atoms with E-state index in [-0.39, 0.29) is 5.56 Å². The van der Waals surface area contributed by atoms with Gasteiger partial charge < -0.3 is 15.2 Å². The van der Waals surface area contributed by atoms with E-state index in [1.807, 2.05) is 36.4 Å². The van der Waals surface area contributed by atoms with Crippen molar-refractivity contribution < 1.29 is 14.6 Å². The first-order chi connectivity index (χ1) is 12.1. The molecule has 126 valence electrons. The first-order valence-electron chi connectivity index (χ1n) is 7.70. The van der Waals surface area contributed by atoms with Crippen LogP contribution in [0, 0.1) is 0 Å². The molecule has 0 spiro atoms. The minimum Gasteiger partial charge on any atom is -0.478 e. The second kappa shape index (κ2) is 7.73. The van der Waals surface area contributed by atoms with Gasteiger partial charge in [0, 0.05) is 17.3 Å². The zero-order valence-electron chi connectivity index (χ0n) is 13.3. The van der Waals surface area contributed by atoms with E-state index in [0.29, 0.717) is 17.3 Å². The summed E-state index contributed by atoms with van der Waals surface area (Å²) in [7, 11) is 0. The molecule has 0 bridgehead atoms. The van der Waals surface area contributed by atoms with Gasteiger partial charge in [0.15, 0.2) is 0 Å². The van der Waals surface area contributed by atoms with E-state index < -0.39 is 5.97 Å². The largest absolute Gasteiger partial charge is 0.478 e. The van der Waals surface area contributed by atoms with Crippen LogP contribution in [-0.4, -0.2) is 11.1 Å². The highest BCUT2D eigenvalue weighted by Crippen LogP contribution is 2.25. The molecule has 0 saturated carbocycles. The van der Waals surface area contributed by atoms with Gasteiger partial charge in [-0.15, -0.1) is 0 Å². The zero-order valence-corrected chi connectivity index (χ0v) is 14.0. The number of aromatic carboxylic acids is 1. The smallest absolute Gasteiger partial charge is 0.335 e. The average molecular weight is 354 g/mol. The number of hydrogen-bond donors (Lipinski definition) is 2. The number of hydrogen-bond acceptors (Lipinski definition) is 3. The highest BCUT2D eigenvalue weighted by atomic mass is 35.5. The number of carboxylic acids is 1. The number of halogens is 1. The third-order valence-electron chi connectivity index (χ3n) is 3.56. The van der Waals surface area contributed by atoms with Gasteiger partial charge in [0.2, 0.25) is 0 Å². The fourth-order valence-corrected chi connectivity index (χ4v) is 2.50. The van der Waals surface area contributed by atoms with E-state index in [4.69, 9.17) is 21.4 Å². The summed E-state index contributed by atoms with van der Waals surface area (Å²) in [6.07, 6.45) is 0. The Hall–Kier alpha value is -2.98. The molecule has 4 nitrogen and oxygen atoms in total. The summed E-state index contributed by atoms with van der Waals surface area (Å²) < 4.78 is 5.82. The Morgan fingerprint density at radius 2 is 1.64 bits per heavy atom. The Labute approximate surface area is 150 Å². The first-order valence-corrected chi connectivity index (χ1v) is 8.07. The van der Waals surface area contributed by atoms with E-state index >= 15 is 0 Å². The SMILES string of the molecule is O=C(O)c1ccc(NCc2cccc(Oc3cccc(Cl)c3)c2)cc1. The highest BCUT2D eigenvalue weighted by Gasteiger charge is 2.03. The predicted octanol–water partition coefficient (Wildman–Crippen LogP) is 5.44. The quantitative estimate of drug-likeness (QED) is 0.619. The summed E-state index contributed by atoms with van der Waals surface area (Å²) in [5.41, 5.74) is 2.16. The molecule has 5 heteroatoms. The van der Waals surface area contributed by atoms with Gasteiger partial charge in [-0.1, -0.05) is 29.8 Å². The van der Waals surface area contributed by atoms with Gasteiger partial charge in [-0.25, -0.2) is 4.79 Å². The maximum atomic E-state index is 10.9. The minimum absolute atomic E-state index is 0.266. The van der Waals surface area contributed by atoms with Crippen molar-refractivity contribution in [1.82, 2.24) is 0 Å². The maximum Gasteiger partial charge on any atom is 0.335 e. The Kier molecular flexibility index (Phi) is 5.21. The van der Waals surface area contributed by atoms with Crippen molar-refractivity contribution in [3.63, 3.8) is 0 Å². The van der Waals surface area contributed by atoms with Crippen LogP contribution >= 0.6 is 11.6 Å². The molecule has 0 aliphatic rings. The molecule has 0 radical (unpaired) electrons. The fraction of sp³-hybridized carbons (Fsp3) is 0.0500. The van der Waals surface area contributed by atoms with E-state index in [9.17, 15) is 4.79 Å². The molecule has 2 N–H and O–H groups in total. The normalized spacial score (nSPS) is 10.3. The Bertz CT molecular complexity index is 878. The maximum absolute atomic E-state index is 10.9. The molecular formula is C20H16ClNO3. The first kappa shape index (κ1) is 16.9. The highest BCUT2D eigenvalue weighted by molar-refractivity contribution is 6.30. The minimum atomic E-state index is -0.933. The molecule has 0 aliphatic heterocycles. The van der Waals surface area contributed by atoms with Crippen molar-refractivity contribution >= 4 is 23.3 Å². The molecule has 0 heterocycles. The number of ether oxygens (including phenoxy) is 1. The molecule has 3 aromatic carbocycles. The number of benzene rings is 3. The van der Waals surface area contributed by atoms with Crippen LogP contribution in [0.25, 0.3) is 0 Å². The third-order valence-corrected chi connectivity index (χ3v) is 3.79. The Morgan fingerprint density at radius 1 is 0.960 bits per heavy atom. The van der Waals surface area contributed by atoms with E-state index in [0.717, 1.165) is 17.0 Å². The van der Waals surface area contributed by atoms with Crippen LogP contribution in [0.5, 0.6) is 11.5 Å². The summed E-state index contributed by atoms with van der Waals surface area (Å²) in [6, 6.07) is 21.6. The molecule has 25 heavy (non-hydrogen) atoms. The summed E-state index contributed by atoms with van der Waals surface area (Å²) in [5.74, 6) is 0.474. The van der Waals surface area contributed by atoms with Crippen molar-refractivity contribution in [2.45, 2.75) is 6.54 Å². The molecule has 0 aliphatic carbocycles. The molecular weight excluding hydrogens is 338 g/mol. The number of carbonyl (C=O) groups is 1. The molecule has 0 amide bonds. The zero-order chi connectivity index (χ0) is 17.6. The molecule has 0 fully saturated rings. The lowest BCUT2D eigenvalue weighted by Crippen LogP contribution is -2.01. The molecule has 3 rings (SSSR count). The second-order valence-corrected chi connectivity index (χ2v) is 5.88. The molecule has 0 aromatic heterocycles. The summed E-state index contributed by atoms with van der Waals surface area (Å²) >= 11 is 5.96. The summed E-state index contributed by atoms with van der Waals surface area (Å²) in [4.78, 5) is 10.9. The standard InChI is InChI=1S/C20H16ClNO3/c21-16-4-2-6-19(12-16)25-18-5-1-3-14(11-18)13-22-17-9-7-15(8-10-17)20(23)24/h1-12,22H,13H2,(H,23,24). The summed E-state index contributed by atoms with van der Waals surface area (Å²) in [6.45, 7) is 0.596. The number of anilines is 1. The monoisotopic (exact) mass is 353 g/mol. The fourth-order valence-electron chi connectivity index (χ4n) is 2.32. The van der Waals surface area contributed by atoms with Crippen molar-refractivity contribution in [2.24, 2.45) is 0 Å². The van der Waals surface area contributed by atoms with Gasteiger partial charge in [-0.3, -0.25) is 0 Å². The summed E-state index contributed by atoms with van der Waals surface area (Å²) in [5, 5.41) is 12.8. The Balaban J connectivity index is 1.64. The van der Waals surface area contributed by atoms with E-state index in [1.165, 1.54) is 0 Å². The van der Waals surface area contributed by atoms with Crippen LogP contribution < -0.4 is 10.1 Å². The average Bonchev–Trinajstić information content (AvgIpc) is 2.61. The van der Waals surface area contributed by atoms with Crippen LogP contribution in [0.1, 0.15) is 15.9 Å². The lowest BCUT2D eigenvalue weighted by atomic mass is 10.2. The third kappa shape index (κ3) is 4.75. The van der Waals surface area contributed by atoms with Gasteiger partial charge in [0.25, 0.3) is 0 Å². The molecule has 0 atom stereocenters. The lowest BCUT2D eigenvalue weighted by molar-refractivity contribution is 0.0697. The lowest BCUT2D eigenvalue weighted by Gasteiger charge is -2.10. The van der Waals surface area contributed by atoms with Gasteiger partial charge in [0.05, 0.1) is 5.56 Å². The van der Waals surface area contributed by atoms with Crippen molar-refractivity contribution in [2.75, 3.05) is 5.32 Å². The van der Waals surface area contributed by atoms with Crippen molar-refractivity contribution in [3.8, 4) is 11.5 Å². The molecule has 3 aromatic rings.